The van der Waals surface area contributed by atoms with E-state index in [4.69, 9.17) is 0 Å². The van der Waals surface area contributed by atoms with Crippen molar-refractivity contribution in [1.29, 1.82) is 5.26 Å². The minimum atomic E-state index is -0.363. The van der Waals surface area contributed by atoms with E-state index in [0.29, 0.717) is 11.1 Å². The van der Waals surface area contributed by atoms with Crippen LogP contribution in [0.3, 0.4) is 0 Å². The maximum absolute atomic E-state index is 12.8. The van der Waals surface area contributed by atoms with Crippen LogP contribution < -0.4 is 0 Å². The molecule has 0 spiro atoms. The van der Waals surface area contributed by atoms with Gasteiger partial charge in [-0.15, -0.1) is 0 Å². The Kier molecular flexibility index (Phi) is 3.19. The van der Waals surface area contributed by atoms with Crippen LogP contribution in [0.4, 0.5) is 0 Å². The minimum Gasteiger partial charge on any atom is -0.289 e. The van der Waals surface area contributed by atoms with Gasteiger partial charge in [-0.25, -0.2) is 0 Å². The van der Waals surface area contributed by atoms with Crippen LogP contribution in [-0.4, -0.2) is 5.78 Å². The maximum Gasteiger partial charge on any atom is 0.193 e. The first-order valence-electron chi connectivity index (χ1n) is 6.41. The van der Waals surface area contributed by atoms with E-state index in [1.54, 1.807) is 0 Å². The first-order chi connectivity index (χ1) is 9.63. The molecule has 2 aromatic carbocycles. The summed E-state index contributed by atoms with van der Waals surface area (Å²) in [4.78, 5) is 12.6. The number of benzene rings is 2. The molecule has 0 bridgehead atoms. The highest BCUT2D eigenvalue weighted by molar-refractivity contribution is 9.09. The fourth-order valence-electron chi connectivity index (χ4n) is 2.70. The zero-order valence-electron chi connectivity index (χ0n) is 10.9. The molecule has 0 saturated carbocycles. The molecule has 2 atom stereocenters. The molecule has 0 N–H and O–H groups in total. The molecule has 3 heteroatoms. The molecule has 0 radical (unpaired) electrons. The van der Waals surface area contributed by atoms with E-state index < -0.39 is 0 Å². The summed E-state index contributed by atoms with van der Waals surface area (Å²) in [6.07, 6.45) is 0. The van der Waals surface area contributed by atoms with Gasteiger partial charge in [0.1, 0.15) is 0 Å². The van der Waals surface area contributed by atoms with Crippen molar-refractivity contribution < 1.29 is 4.79 Å². The van der Waals surface area contributed by atoms with Gasteiger partial charge in [0.05, 0.1) is 16.8 Å². The number of carbonyl (C=O) groups excluding carboxylic acids is 1. The van der Waals surface area contributed by atoms with Crippen LogP contribution in [0.1, 0.15) is 43.4 Å². The third-order valence-corrected chi connectivity index (χ3v) is 4.74. The van der Waals surface area contributed by atoms with Gasteiger partial charge < -0.3 is 0 Å². The molecule has 0 aromatic heterocycles. The quantitative estimate of drug-likeness (QED) is 0.678. The van der Waals surface area contributed by atoms with Crippen LogP contribution in [0.25, 0.3) is 0 Å². The summed E-state index contributed by atoms with van der Waals surface area (Å²) in [5.74, 6) is -0.361. The molecule has 0 aliphatic heterocycles. The number of halogens is 1. The number of alkyl halides is 1. The average molecular weight is 326 g/mol. The van der Waals surface area contributed by atoms with Crippen molar-refractivity contribution in [3.05, 3.63) is 70.3 Å². The van der Waals surface area contributed by atoms with E-state index in [1.165, 1.54) is 0 Å². The predicted octanol–water partition coefficient (Wildman–Crippen LogP) is 4.28. The summed E-state index contributed by atoms with van der Waals surface area (Å²) in [6, 6.07) is 15.6. The van der Waals surface area contributed by atoms with Crippen molar-refractivity contribution in [2.24, 2.45) is 0 Å². The lowest BCUT2D eigenvalue weighted by atomic mass is 9.91. The smallest absolute Gasteiger partial charge is 0.193 e. The van der Waals surface area contributed by atoms with E-state index in [-0.39, 0.29) is 16.5 Å². The number of rotatable bonds is 0. The van der Waals surface area contributed by atoms with E-state index >= 15 is 0 Å². The largest absolute Gasteiger partial charge is 0.289 e. The molecule has 98 valence electrons. The summed E-state index contributed by atoms with van der Waals surface area (Å²) in [7, 11) is 0. The summed E-state index contributed by atoms with van der Waals surface area (Å²) in [6.45, 7) is 1.96. The predicted molar refractivity (Wildman–Crippen MR) is 81.1 cm³/mol. The van der Waals surface area contributed by atoms with Crippen LogP contribution in [0.2, 0.25) is 0 Å². The van der Waals surface area contributed by atoms with Gasteiger partial charge in [0.2, 0.25) is 0 Å². The van der Waals surface area contributed by atoms with Crippen LogP contribution in [0, 0.1) is 18.3 Å². The van der Waals surface area contributed by atoms with Gasteiger partial charge in [0.15, 0.2) is 5.78 Å². The van der Waals surface area contributed by atoms with Crippen LogP contribution >= 0.6 is 15.9 Å². The first-order valence-corrected chi connectivity index (χ1v) is 7.33. The van der Waals surface area contributed by atoms with Crippen molar-refractivity contribution in [2.75, 3.05) is 0 Å². The van der Waals surface area contributed by atoms with Crippen LogP contribution in [0.15, 0.2) is 42.5 Å². The molecule has 0 amide bonds. The molecule has 0 heterocycles. The summed E-state index contributed by atoms with van der Waals surface area (Å²) in [5.41, 5.74) is 4.04. The second kappa shape index (κ2) is 4.88. The van der Waals surface area contributed by atoms with Crippen molar-refractivity contribution in [1.82, 2.24) is 0 Å². The molecule has 2 unspecified atom stereocenters. The lowest BCUT2D eigenvalue weighted by molar-refractivity contribution is 0.103. The van der Waals surface area contributed by atoms with Gasteiger partial charge in [0, 0.05) is 11.1 Å². The van der Waals surface area contributed by atoms with Crippen molar-refractivity contribution in [3.8, 4) is 6.07 Å². The Morgan fingerprint density at radius 1 is 1.10 bits per heavy atom. The molecule has 2 nitrogen and oxygen atoms in total. The molecular weight excluding hydrogens is 314 g/mol. The molecule has 2 aromatic rings. The normalized spacial score (nSPS) is 20.6. The van der Waals surface area contributed by atoms with Gasteiger partial charge in [-0.3, -0.25) is 4.79 Å². The average Bonchev–Trinajstić information content (AvgIpc) is 2.55. The number of hydrogen-bond acceptors (Lipinski definition) is 2. The highest BCUT2D eigenvalue weighted by Gasteiger charge is 2.33. The summed E-state index contributed by atoms with van der Waals surface area (Å²) < 4.78 is 0. The highest BCUT2D eigenvalue weighted by Crippen LogP contribution is 2.43. The monoisotopic (exact) mass is 325 g/mol. The van der Waals surface area contributed by atoms with E-state index in [1.807, 2.05) is 49.4 Å². The number of aryl methyl sites for hydroxylation is 1. The Labute approximate surface area is 126 Å². The third-order valence-electron chi connectivity index (χ3n) is 3.72. The SMILES string of the molecule is Cc1ccc2c(c1)C(=O)c1ccccc1C(Br)C2C#N. The van der Waals surface area contributed by atoms with Crippen molar-refractivity contribution in [3.63, 3.8) is 0 Å². The number of nitrogens with zero attached hydrogens (tertiary/aromatic N) is 1. The van der Waals surface area contributed by atoms with Gasteiger partial charge in [-0.2, -0.15) is 5.26 Å². The number of carbonyl (C=O) groups is 1. The topological polar surface area (TPSA) is 40.9 Å². The standard InChI is InChI=1S/C17H12BrNO/c1-10-6-7-11-14(8-10)17(20)13-5-3-2-4-12(13)16(18)15(11)9-19/h2-8,15-16H,1H3. The van der Waals surface area contributed by atoms with Gasteiger partial charge in [0.25, 0.3) is 0 Å². The van der Waals surface area contributed by atoms with E-state index in [2.05, 4.69) is 22.0 Å². The number of fused-ring (bicyclic) bond motifs is 2. The second-order valence-electron chi connectivity index (χ2n) is 5.02. The van der Waals surface area contributed by atoms with Gasteiger partial charge in [-0.1, -0.05) is 57.9 Å². The zero-order chi connectivity index (χ0) is 14.3. The fraction of sp³-hybridized carbons (Fsp3) is 0.176. The molecule has 0 fully saturated rings. The Morgan fingerprint density at radius 3 is 2.60 bits per heavy atom. The molecule has 0 saturated heterocycles. The van der Waals surface area contributed by atoms with Crippen LogP contribution in [0.5, 0.6) is 0 Å². The Morgan fingerprint density at radius 2 is 1.85 bits per heavy atom. The fourth-order valence-corrected chi connectivity index (χ4v) is 3.50. The molecule has 20 heavy (non-hydrogen) atoms. The Balaban J connectivity index is 2.35. The van der Waals surface area contributed by atoms with Gasteiger partial charge >= 0.3 is 0 Å². The second-order valence-corrected chi connectivity index (χ2v) is 6.00. The zero-order valence-corrected chi connectivity index (χ0v) is 12.5. The molecule has 1 aliphatic carbocycles. The van der Waals surface area contributed by atoms with E-state index in [9.17, 15) is 10.1 Å². The third kappa shape index (κ3) is 1.88. The molecular formula is C17H12BrNO. The summed E-state index contributed by atoms with van der Waals surface area (Å²) in [5, 5.41) is 9.52. The summed E-state index contributed by atoms with van der Waals surface area (Å²) >= 11 is 3.60. The molecule has 1 aliphatic rings. The van der Waals surface area contributed by atoms with Crippen molar-refractivity contribution in [2.45, 2.75) is 17.7 Å². The minimum absolute atomic E-state index is 0.00139. The van der Waals surface area contributed by atoms with Crippen molar-refractivity contribution >= 4 is 21.7 Å². The van der Waals surface area contributed by atoms with E-state index in [0.717, 1.165) is 16.7 Å². The van der Waals surface area contributed by atoms with Crippen LogP contribution in [-0.2, 0) is 0 Å². The lowest BCUT2D eigenvalue weighted by Crippen LogP contribution is -2.05. The number of nitriles is 1. The number of hydrogen-bond donors (Lipinski definition) is 0. The highest BCUT2D eigenvalue weighted by atomic mass is 79.9. The maximum atomic E-state index is 12.8. The Hall–Kier alpha value is -1.92. The first kappa shape index (κ1) is 13.1. The lowest BCUT2D eigenvalue weighted by Gasteiger charge is -2.16. The Bertz CT molecular complexity index is 745. The van der Waals surface area contributed by atoms with Gasteiger partial charge in [-0.05, 0) is 24.1 Å². The molecule has 3 rings (SSSR count). The number of ketones is 1.